The van der Waals surface area contributed by atoms with E-state index in [1.54, 1.807) is 13.0 Å². The van der Waals surface area contributed by atoms with E-state index in [2.05, 4.69) is 15.9 Å². The number of nitrogens with two attached hydrogens (primary N) is 1. The minimum atomic E-state index is -0.304. The second-order valence-corrected chi connectivity index (χ2v) is 7.35. The lowest BCUT2D eigenvalue weighted by atomic mass is 10.3. The number of carbonyl (C=O) groups is 1. The number of para-hydroxylation sites is 1. The summed E-state index contributed by atoms with van der Waals surface area (Å²) in [6.07, 6.45) is 0. The zero-order valence-corrected chi connectivity index (χ0v) is 13.4. The summed E-state index contributed by atoms with van der Waals surface area (Å²) in [5, 5.41) is 0. The first kappa shape index (κ1) is 14.4. The first-order valence-electron chi connectivity index (χ1n) is 5.60. The van der Waals surface area contributed by atoms with Crippen molar-refractivity contribution in [2.24, 2.45) is 0 Å². The number of thiophene rings is 1. The number of carbonyl (C=O) groups excluding carboxylic acids is 1. The summed E-state index contributed by atoms with van der Waals surface area (Å²) < 4.78 is 6.83. The van der Waals surface area contributed by atoms with E-state index in [0.29, 0.717) is 17.9 Å². The highest BCUT2D eigenvalue weighted by atomic mass is 79.9. The second kappa shape index (κ2) is 6.45. The fourth-order valence-electron chi connectivity index (χ4n) is 1.45. The molecule has 2 N–H and O–H groups in total. The Kier molecular flexibility index (Phi) is 4.90. The highest BCUT2D eigenvalue weighted by Gasteiger charge is 2.18. The van der Waals surface area contributed by atoms with Crippen LogP contribution in [0.5, 0.6) is 0 Å². The Balaban J connectivity index is 2.30. The molecule has 0 unspecified atom stereocenters. The van der Waals surface area contributed by atoms with Gasteiger partial charge in [-0.3, -0.25) is 0 Å². The van der Waals surface area contributed by atoms with Crippen LogP contribution in [0.3, 0.4) is 0 Å². The lowest BCUT2D eigenvalue weighted by Crippen LogP contribution is -2.04. The molecule has 6 heteroatoms. The Labute approximate surface area is 128 Å². The third kappa shape index (κ3) is 3.52. The number of esters is 1. The average Bonchev–Trinajstić information content (AvgIpc) is 2.74. The van der Waals surface area contributed by atoms with Crippen LogP contribution in [0.15, 0.2) is 43.2 Å². The Morgan fingerprint density at radius 2 is 2.21 bits per heavy atom. The zero-order chi connectivity index (χ0) is 13.8. The van der Waals surface area contributed by atoms with Gasteiger partial charge in [0.2, 0.25) is 0 Å². The second-order valence-electron chi connectivity index (χ2n) is 3.61. The molecule has 0 spiro atoms. The van der Waals surface area contributed by atoms with Crippen molar-refractivity contribution in [1.82, 2.24) is 0 Å². The monoisotopic (exact) mass is 357 g/mol. The van der Waals surface area contributed by atoms with E-state index in [1.807, 2.05) is 24.3 Å². The number of rotatable bonds is 4. The molecule has 3 nitrogen and oxygen atoms in total. The van der Waals surface area contributed by atoms with Gasteiger partial charge in [-0.2, -0.15) is 0 Å². The van der Waals surface area contributed by atoms with Crippen molar-refractivity contribution >= 4 is 50.7 Å². The van der Waals surface area contributed by atoms with Gasteiger partial charge < -0.3 is 10.5 Å². The van der Waals surface area contributed by atoms with Gasteiger partial charge in [0.25, 0.3) is 0 Å². The van der Waals surface area contributed by atoms with Crippen LogP contribution in [0.25, 0.3) is 0 Å². The van der Waals surface area contributed by atoms with Crippen LogP contribution in [0, 0.1) is 0 Å². The minimum Gasteiger partial charge on any atom is -0.462 e. The number of halogens is 1. The van der Waals surface area contributed by atoms with Gasteiger partial charge in [0.15, 0.2) is 0 Å². The van der Waals surface area contributed by atoms with Crippen LogP contribution in [0.4, 0.5) is 5.69 Å². The summed E-state index contributed by atoms with van der Waals surface area (Å²) in [5.74, 6) is -0.304. The molecule has 1 aromatic carbocycles. The van der Waals surface area contributed by atoms with Gasteiger partial charge in [-0.15, -0.1) is 11.3 Å². The van der Waals surface area contributed by atoms with Crippen LogP contribution in [0.1, 0.15) is 17.3 Å². The van der Waals surface area contributed by atoms with Gasteiger partial charge in [-0.05, 0) is 41.1 Å². The van der Waals surface area contributed by atoms with Gasteiger partial charge >= 0.3 is 5.97 Å². The van der Waals surface area contributed by atoms with Crippen molar-refractivity contribution < 1.29 is 9.53 Å². The fraction of sp³-hybridized carbons (Fsp3) is 0.154. The van der Waals surface area contributed by atoms with E-state index in [1.165, 1.54) is 23.1 Å². The molecule has 2 rings (SSSR count). The summed E-state index contributed by atoms with van der Waals surface area (Å²) in [6.45, 7) is 2.16. The van der Waals surface area contributed by atoms with Crippen molar-refractivity contribution in [3.05, 3.63) is 39.7 Å². The van der Waals surface area contributed by atoms with Crippen molar-refractivity contribution in [3.8, 4) is 0 Å². The quantitative estimate of drug-likeness (QED) is 0.649. The van der Waals surface area contributed by atoms with Gasteiger partial charge in [-0.1, -0.05) is 23.9 Å². The Hall–Kier alpha value is -0.980. The molecule has 0 fully saturated rings. The molecule has 0 bridgehead atoms. The maximum Gasteiger partial charge on any atom is 0.340 e. The molecule has 0 aliphatic carbocycles. The smallest absolute Gasteiger partial charge is 0.340 e. The maximum atomic E-state index is 11.9. The minimum absolute atomic E-state index is 0.304. The number of hydrogen-bond donors (Lipinski definition) is 1. The molecular formula is C13H12BrNO2S2. The molecule has 0 saturated heterocycles. The molecule has 0 aliphatic rings. The number of nitrogen functional groups attached to an aromatic ring is 1. The van der Waals surface area contributed by atoms with Crippen LogP contribution >= 0.6 is 39.0 Å². The summed E-state index contributed by atoms with van der Waals surface area (Å²) in [5.41, 5.74) is 7.19. The predicted octanol–water partition coefficient (Wildman–Crippen LogP) is 4.42. The molecule has 0 aliphatic heterocycles. The number of hydrogen-bond acceptors (Lipinski definition) is 5. The van der Waals surface area contributed by atoms with E-state index < -0.39 is 0 Å². The third-order valence-corrected chi connectivity index (χ3v) is 5.21. The average molecular weight is 358 g/mol. The summed E-state index contributed by atoms with van der Waals surface area (Å²) in [4.78, 5) is 12.8. The molecule has 2 aromatic rings. The van der Waals surface area contributed by atoms with Gasteiger partial charge in [0.05, 0.1) is 20.2 Å². The number of ether oxygens (including phenoxy) is 1. The Morgan fingerprint density at radius 3 is 2.89 bits per heavy atom. The van der Waals surface area contributed by atoms with E-state index in [0.717, 1.165) is 12.9 Å². The van der Waals surface area contributed by atoms with Gasteiger partial charge in [0, 0.05) is 10.6 Å². The van der Waals surface area contributed by atoms with E-state index in [9.17, 15) is 4.79 Å². The molecule has 100 valence electrons. The number of anilines is 1. The highest BCUT2D eigenvalue weighted by Crippen LogP contribution is 2.41. The van der Waals surface area contributed by atoms with E-state index >= 15 is 0 Å². The molecule has 0 radical (unpaired) electrons. The van der Waals surface area contributed by atoms with Crippen molar-refractivity contribution in [2.75, 3.05) is 12.3 Å². The van der Waals surface area contributed by atoms with Crippen LogP contribution in [0.2, 0.25) is 0 Å². The molecule has 0 amide bonds. The first-order chi connectivity index (χ1) is 9.11. The molecule has 1 heterocycles. The topological polar surface area (TPSA) is 52.3 Å². The van der Waals surface area contributed by atoms with Gasteiger partial charge in [-0.25, -0.2) is 4.79 Å². The van der Waals surface area contributed by atoms with Crippen molar-refractivity contribution in [2.45, 2.75) is 16.0 Å². The summed E-state index contributed by atoms with van der Waals surface area (Å²) in [7, 11) is 0. The Bertz CT molecular complexity index is 598. The SMILES string of the molecule is CCOC(=O)c1cc(Br)sc1Sc1ccccc1N. The maximum absolute atomic E-state index is 11.9. The summed E-state index contributed by atoms with van der Waals surface area (Å²) in [6, 6.07) is 9.36. The molecule has 0 saturated carbocycles. The Morgan fingerprint density at radius 1 is 1.47 bits per heavy atom. The molecule has 1 aromatic heterocycles. The van der Waals surface area contributed by atoms with Crippen LogP contribution in [-0.4, -0.2) is 12.6 Å². The third-order valence-electron chi connectivity index (χ3n) is 2.28. The zero-order valence-electron chi connectivity index (χ0n) is 10.2. The predicted molar refractivity (Wildman–Crippen MR) is 83.0 cm³/mol. The molecule has 19 heavy (non-hydrogen) atoms. The largest absolute Gasteiger partial charge is 0.462 e. The van der Waals surface area contributed by atoms with Crippen molar-refractivity contribution in [1.29, 1.82) is 0 Å². The van der Waals surface area contributed by atoms with E-state index in [4.69, 9.17) is 10.5 Å². The first-order valence-corrected chi connectivity index (χ1v) is 8.03. The standard InChI is InChI=1S/C13H12BrNO2S2/c1-2-17-12(16)8-7-11(14)19-13(8)18-10-6-4-3-5-9(10)15/h3-7H,2,15H2,1H3. The lowest BCUT2D eigenvalue weighted by molar-refractivity contribution is 0.0523. The summed E-state index contributed by atoms with van der Waals surface area (Å²) >= 11 is 6.37. The number of benzene rings is 1. The fourth-order valence-corrected chi connectivity index (χ4v) is 4.58. The van der Waals surface area contributed by atoms with Gasteiger partial charge in [0.1, 0.15) is 0 Å². The van der Waals surface area contributed by atoms with Crippen molar-refractivity contribution in [3.63, 3.8) is 0 Å². The lowest BCUT2D eigenvalue weighted by Gasteiger charge is -2.05. The molecular weight excluding hydrogens is 346 g/mol. The van der Waals surface area contributed by atoms with Crippen LogP contribution in [-0.2, 0) is 4.74 Å². The normalized spacial score (nSPS) is 10.4. The van der Waals surface area contributed by atoms with E-state index in [-0.39, 0.29) is 5.97 Å². The van der Waals surface area contributed by atoms with Crippen LogP contribution < -0.4 is 5.73 Å². The molecule has 0 atom stereocenters. The highest BCUT2D eigenvalue weighted by molar-refractivity contribution is 9.11.